The third-order valence-corrected chi connectivity index (χ3v) is 5.67. The van der Waals surface area contributed by atoms with Gasteiger partial charge in [0.1, 0.15) is 12.1 Å². The van der Waals surface area contributed by atoms with E-state index in [9.17, 15) is 9.59 Å². The number of para-hydroxylation sites is 2. The highest BCUT2D eigenvalue weighted by Gasteiger charge is 2.19. The van der Waals surface area contributed by atoms with Crippen molar-refractivity contribution in [3.05, 3.63) is 54.1 Å². The Morgan fingerprint density at radius 3 is 2.52 bits per heavy atom. The molecule has 0 bridgehead atoms. The molecule has 1 heterocycles. The quantitative estimate of drug-likeness (QED) is 0.250. The number of esters is 2. The molecule has 3 rings (SSSR count). The lowest BCUT2D eigenvalue weighted by Gasteiger charge is -2.20. The second kappa shape index (κ2) is 11.2. The fourth-order valence-electron chi connectivity index (χ4n) is 3.23. The number of carbonyl (C=O) groups excluding carboxylic acids is 2. The van der Waals surface area contributed by atoms with Gasteiger partial charge in [-0.1, -0.05) is 23.9 Å². The van der Waals surface area contributed by atoms with Gasteiger partial charge in [0, 0.05) is 18.0 Å². The monoisotopic (exact) mass is 469 g/mol. The van der Waals surface area contributed by atoms with Crippen molar-refractivity contribution in [3.8, 4) is 0 Å². The molecule has 0 unspecified atom stereocenters. The van der Waals surface area contributed by atoms with Crippen molar-refractivity contribution >= 4 is 40.4 Å². The van der Waals surface area contributed by atoms with Gasteiger partial charge in [-0.2, -0.15) is 0 Å². The molecule has 0 radical (unpaired) electrons. The van der Waals surface area contributed by atoms with Gasteiger partial charge in [0.05, 0.1) is 23.2 Å². The van der Waals surface area contributed by atoms with Gasteiger partial charge >= 0.3 is 11.9 Å². The summed E-state index contributed by atoms with van der Waals surface area (Å²) < 4.78 is 12.4. The van der Waals surface area contributed by atoms with Gasteiger partial charge in [0.25, 0.3) is 0 Å². The Morgan fingerprint density at radius 2 is 1.82 bits per heavy atom. The van der Waals surface area contributed by atoms with Gasteiger partial charge in [-0.05, 0) is 70.5 Å². The highest BCUT2D eigenvalue weighted by molar-refractivity contribution is 7.99. The summed E-state index contributed by atoms with van der Waals surface area (Å²) in [6, 6.07) is 15.1. The molecule has 0 spiro atoms. The lowest BCUT2D eigenvalue weighted by Crippen LogP contribution is -2.26. The number of carbonyl (C=O) groups is 2. The molecule has 8 heteroatoms. The van der Waals surface area contributed by atoms with Crippen molar-refractivity contribution in [2.24, 2.45) is 0 Å². The number of fused-ring (bicyclic) bond motifs is 1. The molecular weight excluding hydrogens is 438 g/mol. The average Bonchev–Trinajstić information content (AvgIpc) is 3.10. The van der Waals surface area contributed by atoms with E-state index < -0.39 is 5.60 Å². The van der Waals surface area contributed by atoms with Crippen molar-refractivity contribution in [2.45, 2.75) is 51.4 Å². The molecule has 3 aromatic rings. The van der Waals surface area contributed by atoms with Crippen LogP contribution in [0, 0.1) is 0 Å². The summed E-state index contributed by atoms with van der Waals surface area (Å²) >= 11 is 1.62. The van der Waals surface area contributed by atoms with E-state index in [0.29, 0.717) is 12.2 Å². The molecule has 0 atom stereocenters. The Hall–Kier alpha value is -3.00. The van der Waals surface area contributed by atoms with Crippen LogP contribution in [-0.2, 0) is 20.8 Å². The normalized spacial score (nSPS) is 11.4. The molecule has 0 aliphatic carbocycles. The predicted octanol–water partition coefficient (Wildman–Crippen LogP) is 5.15. The van der Waals surface area contributed by atoms with Crippen LogP contribution in [0.5, 0.6) is 0 Å². The molecule has 0 aliphatic heterocycles. The Balaban J connectivity index is 1.54. The zero-order chi connectivity index (χ0) is 23.8. The van der Waals surface area contributed by atoms with Crippen LogP contribution in [0.1, 0.15) is 44.5 Å². The van der Waals surface area contributed by atoms with Gasteiger partial charge < -0.3 is 19.4 Å². The van der Waals surface area contributed by atoms with Crippen LogP contribution in [0.25, 0.3) is 11.0 Å². The third kappa shape index (κ3) is 7.25. The Morgan fingerprint density at radius 1 is 1.09 bits per heavy atom. The largest absolute Gasteiger partial charge is 0.462 e. The molecule has 0 fully saturated rings. The number of hydrogen-bond donors (Lipinski definition) is 1. The second-order valence-electron chi connectivity index (χ2n) is 8.48. The first-order valence-electron chi connectivity index (χ1n) is 11.1. The van der Waals surface area contributed by atoms with Crippen molar-refractivity contribution in [3.63, 3.8) is 0 Å². The van der Waals surface area contributed by atoms with E-state index >= 15 is 0 Å². The number of anilines is 1. The van der Waals surface area contributed by atoms with Crippen LogP contribution in [0.2, 0.25) is 0 Å². The van der Waals surface area contributed by atoms with Crippen LogP contribution in [0.15, 0.2) is 53.7 Å². The van der Waals surface area contributed by atoms with Crippen LogP contribution < -0.4 is 5.32 Å². The smallest absolute Gasteiger partial charge is 0.338 e. The first-order chi connectivity index (χ1) is 15.8. The van der Waals surface area contributed by atoms with E-state index in [2.05, 4.69) is 5.32 Å². The highest BCUT2D eigenvalue weighted by atomic mass is 32.2. The van der Waals surface area contributed by atoms with Gasteiger partial charge in [-0.25, -0.2) is 9.78 Å². The lowest BCUT2D eigenvalue weighted by molar-refractivity contribution is -0.155. The number of nitrogens with one attached hydrogen (secondary N) is 1. The molecule has 2 aromatic carbocycles. The Bertz CT molecular complexity index is 1090. The average molecular weight is 470 g/mol. The molecule has 1 N–H and O–H groups in total. The van der Waals surface area contributed by atoms with Crippen LogP contribution in [-0.4, -0.2) is 46.0 Å². The summed E-state index contributed by atoms with van der Waals surface area (Å²) in [7, 11) is 0. The van der Waals surface area contributed by atoms with Gasteiger partial charge in [-0.15, -0.1) is 0 Å². The zero-order valence-electron chi connectivity index (χ0n) is 19.6. The maximum atomic E-state index is 12.4. The van der Waals surface area contributed by atoms with Gasteiger partial charge in [-0.3, -0.25) is 4.79 Å². The molecular formula is C25H31N3O4S. The molecule has 7 nitrogen and oxygen atoms in total. The molecule has 0 aliphatic rings. The summed E-state index contributed by atoms with van der Waals surface area (Å²) in [5.41, 5.74) is 2.75. The Kier molecular flexibility index (Phi) is 8.38. The fraction of sp³-hybridized carbons (Fsp3) is 0.400. The lowest BCUT2D eigenvalue weighted by atomic mass is 10.2. The van der Waals surface area contributed by atoms with Crippen LogP contribution in [0.4, 0.5) is 5.69 Å². The summed E-state index contributed by atoms with van der Waals surface area (Å²) in [4.78, 5) is 28.9. The number of benzene rings is 2. The predicted molar refractivity (Wildman–Crippen MR) is 132 cm³/mol. The van der Waals surface area contributed by atoms with E-state index in [1.54, 1.807) is 30.8 Å². The molecule has 0 amide bonds. The van der Waals surface area contributed by atoms with E-state index in [-0.39, 0.29) is 18.5 Å². The minimum Gasteiger partial charge on any atom is -0.462 e. The minimum absolute atomic E-state index is 0.130. The fourth-order valence-corrected chi connectivity index (χ4v) is 4.18. The van der Waals surface area contributed by atoms with Crippen molar-refractivity contribution in [2.75, 3.05) is 24.2 Å². The number of thioether (sulfide) groups is 1. The first-order valence-corrected chi connectivity index (χ1v) is 12.1. The minimum atomic E-state index is -0.527. The van der Waals surface area contributed by atoms with E-state index in [0.717, 1.165) is 40.6 Å². The summed E-state index contributed by atoms with van der Waals surface area (Å²) in [6.45, 7) is 8.65. The third-order valence-electron chi connectivity index (χ3n) is 4.60. The molecule has 33 heavy (non-hydrogen) atoms. The summed E-state index contributed by atoms with van der Waals surface area (Å²) in [6.07, 6.45) is 0.903. The highest BCUT2D eigenvalue weighted by Crippen LogP contribution is 2.25. The topological polar surface area (TPSA) is 82.5 Å². The number of hydrogen-bond acceptors (Lipinski definition) is 7. The maximum absolute atomic E-state index is 12.4. The van der Waals surface area contributed by atoms with Crippen molar-refractivity contribution in [1.82, 2.24) is 9.55 Å². The molecule has 0 saturated heterocycles. The van der Waals surface area contributed by atoms with Gasteiger partial charge in [0.2, 0.25) is 0 Å². The number of rotatable bonds is 10. The van der Waals surface area contributed by atoms with E-state index in [1.807, 2.05) is 61.7 Å². The van der Waals surface area contributed by atoms with Crippen LogP contribution >= 0.6 is 11.8 Å². The molecule has 0 saturated carbocycles. The summed E-state index contributed by atoms with van der Waals surface area (Å²) in [5.74, 6) is 0.251. The maximum Gasteiger partial charge on any atom is 0.338 e. The Labute approximate surface area is 198 Å². The number of imidazole rings is 1. The van der Waals surface area contributed by atoms with Crippen molar-refractivity contribution < 1.29 is 19.1 Å². The zero-order valence-corrected chi connectivity index (χ0v) is 20.4. The van der Waals surface area contributed by atoms with E-state index in [1.165, 1.54) is 0 Å². The SMILES string of the molecule is CCOC(=O)c1ccc(NCCCSc2nc3ccccc3n2CC(=O)OC(C)(C)C)cc1. The van der Waals surface area contributed by atoms with E-state index in [4.69, 9.17) is 14.5 Å². The standard InChI is InChI=1S/C25H31N3O4S/c1-5-31-23(30)18-11-13-19(14-12-18)26-15-8-16-33-24-27-20-9-6-7-10-21(20)28(24)17-22(29)32-25(2,3)4/h6-7,9-14,26H,5,8,15-17H2,1-4H3. The summed E-state index contributed by atoms with van der Waals surface area (Å²) in [5, 5.41) is 4.17. The van der Waals surface area contributed by atoms with Gasteiger partial charge in [0.15, 0.2) is 5.16 Å². The molecule has 1 aromatic heterocycles. The molecule has 176 valence electrons. The first kappa shape index (κ1) is 24.6. The van der Waals surface area contributed by atoms with Crippen molar-refractivity contribution in [1.29, 1.82) is 0 Å². The number of ether oxygens (including phenoxy) is 2. The number of aromatic nitrogens is 2. The van der Waals surface area contributed by atoms with Crippen LogP contribution in [0.3, 0.4) is 0 Å². The number of nitrogens with zero attached hydrogens (tertiary/aromatic N) is 2. The second-order valence-corrected chi connectivity index (χ2v) is 9.54.